The van der Waals surface area contributed by atoms with Gasteiger partial charge in [-0.3, -0.25) is 0 Å². The Bertz CT molecular complexity index is 663. The lowest BCUT2D eigenvalue weighted by molar-refractivity contribution is 0.522. The monoisotopic (exact) mass is 849 g/mol. The van der Waals surface area contributed by atoms with Gasteiger partial charge in [0.25, 0.3) is 0 Å². The summed E-state index contributed by atoms with van der Waals surface area (Å²) in [6.07, 6.45) is 70.5. The minimum atomic E-state index is -1.01. The van der Waals surface area contributed by atoms with Crippen molar-refractivity contribution >= 4 is 18.1 Å². The normalized spacial score (nSPS) is 12.4. The fourth-order valence-corrected chi connectivity index (χ4v) is 16.4. The Kier molecular flexibility index (Phi) is 53.9. The van der Waals surface area contributed by atoms with E-state index >= 15 is 0 Å². The van der Waals surface area contributed by atoms with Crippen molar-refractivity contribution < 1.29 is 4.12 Å². The Morgan fingerprint density at radius 2 is 0.362 bits per heavy atom. The van der Waals surface area contributed by atoms with Crippen molar-refractivity contribution in [3.8, 4) is 0 Å². The largest absolute Gasteiger partial charge is 0.460 e. The first kappa shape index (κ1) is 58.4. The van der Waals surface area contributed by atoms with Crippen LogP contribution in [0.5, 0.6) is 0 Å². The summed E-state index contributed by atoms with van der Waals surface area (Å²) in [6.45, 7) is 9.52. The third-order valence-corrected chi connectivity index (χ3v) is 20.4. The summed E-state index contributed by atoms with van der Waals surface area (Å²) in [5.74, 6) is 0. The van der Waals surface area contributed by atoms with Gasteiger partial charge in [-0.2, -0.15) is 0 Å². The fourth-order valence-electron chi connectivity index (χ4n) is 9.50. The third-order valence-electron chi connectivity index (χ3n) is 13.6. The Balaban J connectivity index is 4.06. The summed E-state index contributed by atoms with van der Waals surface area (Å²) in [5.41, 5.74) is 0. The number of hydrogen-bond acceptors (Lipinski definition) is 1. The molecule has 0 bridgehead atoms. The lowest BCUT2D eigenvalue weighted by Crippen LogP contribution is -2.26. The van der Waals surface area contributed by atoms with Crippen molar-refractivity contribution in [2.45, 2.75) is 354 Å². The molecule has 0 aliphatic carbocycles. The van der Waals surface area contributed by atoms with E-state index in [1.165, 1.54) is 326 Å². The molecule has 1 nitrogen and oxygen atoms in total. The molecule has 0 saturated heterocycles. The van der Waals surface area contributed by atoms with Gasteiger partial charge in [-0.25, -0.2) is 0 Å². The van der Waals surface area contributed by atoms with Crippen LogP contribution in [0.3, 0.4) is 0 Å². The van der Waals surface area contributed by atoms with Gasteiger partial charge in [0.1, 0.15) is 0 Å². The molecule has 0 radical (unpaired) electrons. The number of rotatable bonds is 53. The van der Waals surface area contributed by atoms with Crippen molar-refractivity contribution in [3.63, 3.8) is 0 Å². The van der Waals surface area contributed by atoms with E-state index in [-0.39, 0.29) is 0 Å². The molecule has 1 unspecified atom stereocenters. The topological polar surface area (TPSA) is 9.23 Å². The van der Waals surface area contributed by atoms with Crippen LogP contribution >= 0.6 is 0 Å². The van der Waals surface area contributed by atoms with Crippen LogP contribution in [0.4, 0.5) is 0 Å². The van der Waals surface area contributed by atoms with Gasteiger partial charge in [0, 0.05) is 0 Å². The van der Waals surface area contributed by atoms with E-state index in [1.54, 1.807) is 0 Å². The first-order chi connectivity index (χ1) is 28.7. The Labute approximate surface area is 374 Å². The molecule has 0 fully saturated rings. The highest BCUT2D eigenvalue weighted by Crippen LogP contribution is 2.21. The van der Waals surface area contributed by atoms with Gasteiger partial charge in [0.2, 0.25) is 0 Å². The van der Waals surface area contributed by atoms with E-state index in [2.05, 4.69) is 27.3 Å². The van der Waals surface area contributed by atoms with Crippen LogP contribution in [0.15, 0.2) is 0 Å². The molecule has 0 aliphatic heterocycles. The molecule has 350 valence electrons. The van der Waals surface area contributed by atoms with E-state index in [1.807, 2.05) is 0 Å². The summed E-state index contributed by atoms with van der Waals surface area (Å²) in [7, 11) is -2.00. The lowest BCUT2D eigenvalue weighted by Gasteiger charge is -2.21. The van der Waals surface area contributed by atoms with Gasteiger partial charge in [-0.05, 0) is 24.7 Å². The molecule has 0 rings (SSSR count). The van der Waals surface area contributed by atoms with Crippen LogP contribution in [-0.4, -0.2) is 18.1 Å². The molecule has 0 aromatic rings. The maximum Gasteiger partial charge on any atom is 0.162 e. The zero-order chi connectivity index (χ0) is 41.9. The second-order valence-electron chi connectivity index (χ2n) is 19.8. The van der Waals surface area contributed by atoms with Crippen LogP contribution in [0.25, 0.3) is 0 Å². The molecule has 0 saturated carbocycles. The summed E-state index contributed by atoms with van der Waals surface area (Å²) in [5, 5.41) is 0. The third kappa shape index (κ3) is 50.7. The summed E-state index contributed by atoms with van der Waals surface area (Å²) >= 11 is 0. The molecule has 0 amide bonds. The molecule has 58 heavy (non-hydrogen) atoms. The van der Waals surface area contributed by atoms with Gasteiger partial charge in [0.15, 0.2) is 18.1 Å². The maximum absolute atomic E-state index is 7.10. The van der Waals surface area contributed by atoms with Crippen molar-refractivity contribution in [1.82, 2.24) is 0 Å². The summed E-state index contributed by atoms with van der Waals surface area (Å²) in [4.78, 5) is 0. The zero-order valence-electron chi connectivity index (χ0n) is 41.6. The van der Waals surface area contributed by atoms with E-state index < -0.39 is 18.1 Å². The number of hydrogen-bond donors (Lipinski definition) is 0. The van der Waals surface area contributed by atoms with Gasteiger partial charge in [-0.15, -0.1) is 0 Å². The quantitative estimate of drug-likeness (QED) is 0.0438. The standard InChI is InChI=1S/C55H116OSi2/c1-5-8-11-14-17-20-23-26-29-32-35-38-41-44-47-50-53-57(4)56-58(54-51-48-45-42-39-36-33-30-27-24-21-18-15-12-9-6-2)55-52-49-46-43-40-37-34-31-28-25-22-19-16-13-10-7-3/h57-58H,5-55H2,1-4H3. The predicted molar refractivity (Wildman–Crippen MR) is 274 cm³/mol. The van der Waals surface area contributed by atoms with E-state index in [0.29, 0.717) is 0 Å². The summed E-state index contributed by atoms with van der Waals surface area (Å²) < 4.78 is 7.10. The first-order valence-electron chi connectivity index (χ1n) is 28.4. The second kappa shape index (κ2) is 53.5. The molecular formula is C55H116OSi2. The van der Waals surface area contributed by atoms with Crippen molar-refractivity contribution in [2.24, 2.45) is 0 Å². The molecular weight excluding hydrogens is 733 g/mol. The van der Waals surface area contributed by atoms with Crippen LogP contribution in [-0.2, 0) is 4.12 Å². The van der Waals surface area contributed by atoms with Crippen molar-refractivity contribution in [2.75, 3.05) is 0 Å². The second-order valence-corrected chi connectivity index (χ2v) is 25.5. The molecule has 0 aromatic heterocycles. The average Bonchev–Trinajstić information content (AvgIpc) is 3.23. The van der Waals surface area contributed by atoms with Gasteiger partial charge < -0.3 is 4.12 Å². The highest BCUT2D eigenvalue weighted by atomic mass is 28.4. The lowest BCUT2D eigenvalue weighted by atomic mass is 10.0. The van der Waals surface area contributed by atoms with Crippen LogP contribution in [0.2, 0.25) is 24.7 Å². The van der Waals surface area contributed by atoms with Crippen LogP contribution in [0, 0.1) is 0 Å². The summed E-state index contributed by atoms with van der Waals surface area (Å²) in [6, 6.07) is 4.40. The fraction of sp³-hybridized carbons (Fsp3) is 1.00. The van der Waals surface area contributed by atoms with Crippen molar-refractivity contribution in [3.05, 3.63) is 0 Å². The van der Waals surface area contributed by atoms with Crippen LogP contribution < -0.4 is 0 Å². The SMILES string of the molecule is CCCCCCCCCCCCCCCCCC[SiH](C)O[SiH](CCCCCCCCCCCCCCCCCC)CCCCCCCCCCCCCCCCCC. The van der Waals surface area contributed by atoms with E-state index in [0.717, 1.165) is 0 Å². The minimum absolute atomic E-state index is 0.984. The van der Waals surface area contributed by atoms with E-state index in [4.69, 9.17) is 4.12 Å². The Hall–Kier alpha value is 0.394. The first-order valence-corrected chi connectivity index (χ1v) is 32.9. The Morgan fingerprint density at radius 1 is 0.207 bits per heavy atom. The van der Waals surface area contributed by atoms with Gasteiger partial charge in [-0.1, -0.05) is 329 Å². The highest BCUT2D eigenvalue weighted by molar-refractivity contribution is 6.65. The highest BCUT2D eigenvalue weighted by Gasteiger charge is 2.16. The molecule has 0 heterocycles. The minimum Gasteiger partial charge on any atom is -0.460 e. The van der Waals surface area contributed by atoms with E-state index in [9.17, 15) is 0 Å². The number of unbranched alkanes of at least 4 members (excludes halogenated alkanes) is 45. The molecule has 0 aliphatic rings. The zero-order valence-corrected chi connectivity index (χ0v) is 43.9. The Morgan fingerprint density at radius 3 is 0.552 bits per heavy atom. The molecule has 3 heteroatoms. The molecule has 1 atom stereocenters. The average molecular weight is 850 g/mol. The molecule has 0 spiro atoms. The molecule has 0 N–H and O–H groups in total. The smallest absolute Gasteiger partial charge is 0.162 e. The maximum atomic E-state index is 7.10. The van der Waals surface area contributed by atoms with Crippen LogP contribution in [0.1, 0.15) is 329 Å². The van der Waals surface area contributed by atoms with Gasteiger partial charge >= 0.3 is 0 Å². The van der Waals surface area contributed by atoms with Crippen molar-refractivity contribution in [1.29, 1.82) is 0 Å². The molecule has 0 aromatic carbocycles. The van der Waals surface area contributed by atoms with Gasteiger partial charge in [0.05, 0.1) is 0 Å². The predicted octanol–water partition coefficient (Wildman–Crippen LogP) is 20.9.